The predicted molar refractivity (Wildman–Crippen MR) is 131 cm³/mol. The maximum absolute atomic E-state index is 14.1. The van der Waals surface area contributed by atoms with E-state index in [4.69, 9.17) is 5.73 Å². The summed E-state index contributed by atoms with van der Waals surface area (Å²) in [6.45, 7) is 5.90. The van der Waals surface area contributed by atoms with Crippen molar-refractivity contribution in [3.05, 3.63) is 89.1 Å². The van der Waals surface area contributed by atoms with Crippen LogP contribution in [0, 0.1) is 26.6 Å². The van der Waals surface area contributed by atoms with Gasteiger partial charge in [-0.2, -0.15) is 5.10 Å². The molecule has 0 fully saturated rings. The van der Waals surface area contributed by atoms with Gasteiger partial charge in [0.15, 0.2) is 11.6 Å². The highest BCUT2D eigenvalue weighted by atomic mass is 19.1. The summed E-state index contributed by atoms with van der Waals surface area (Å²) in [5, 5.41) is 7.11. The molecule has 0 atom stereocenters. The quantitative estimate of drug-likeness (QED) is 0.402. The number of nitrogen functional groups attached to an aromatic ring is 1. The molecular formula is C25H23FN8O. The molecule has 0 saturated heterocycles. The average Bonchev–Trinajstić information content (AvgIpc) is 3.41. The van der Waals surface area contributed by atoms with Crippen molar-refractivity contribution in [2.24, 2.45) is 0 Å². The first-order valence-electron chi connectivity index (χ1n) is 10.9. The van der Waals surface area contributed by atoms with Crippen molar-refractivity contribution < 1.29 is 9.18 Å². The molecule has 0 aliphatic carbocycles. The smallest absolute Gasteiger partial charge is 0.258 e. The van der Waals surface area contributed by atoms with Gasteiger partial charge in [-0.25, -0.2) is 18.9 Å². The van der Waals surface area contributed by atoms with Crippen LogP contribution in [0.15, 0.2) is 55.4 Å². The second kappa shape index (κ2) is 8.64. The number of amides is 1. The average molecular weight is 471 g/mol. The number of aromatic nitrogens is 6. The number of imidazole rings is 1. The third kappa shape index (κ3) is 4.21. The van der Waals surface area contributed by atoms with E-state index in [9.17, 15) is 9.18 Å². The number of carbonyl (C=O) groups is 1. The van der Waals surface area contributed by atoms with Gasteiger partial charge < -0.3 is 15.6 Å². The fraction of sp³-hybridized carbons (Fsp3) is 0.160. The van der Waals surface area contributed by atoms with Gasteiger partial charge in [0.1, 0.15) is 17.7 Å². The van der Waals surface area contributed by atoms with E-state index in [-0.39, 0.29) is 11.7 Å². The van der Waals surface area contributed by atoms with Crippen molar-refractivity contribution in [1.82, 2.24) is 29.1 Å². The lowest BCUT2D eigenvalue weighted by atomic mass is 10.1. The highest BCUT2D eigenvalue weighted by Gasteiger charge is 2.17. The van der Waals surface area contributed by atoms with Crippen molar-refractivity contribution >= 4 is 23.1 Å². The van der Waals surface area contributed by atoms with E-state index < -0.39 is 0 Å². The molecule has 4 aromatic heterocycles. The normalized spacial score (nSPS) is 11.2. The number of nitrogens with zero attached hydrogens (tertiary/aromatic N) is 6. The molecule has 10 heteroatoms. The zero-order valence-corrected chi connectivity index (χ0v) is 19.5. The van der Waals surface area contributed by atoms with Crippen LogP contribution in [0.3, 0.4) is 0 Å². The Kier molecular flexibility index (Phi) is 5.48. The topological polar surface area (TPSA) is 116 Å². The van der Waals surface area contributed by atoms with E-state index >= 15 is 0 Å². The molecule has 0 bridgehead atoms. The van der Waals surface area contributed by atoms with Gasteiger partial charge in [0.05, 0.1) is 29.8 Å². The highest BCUT2D eigenvalue weighted by Crippen LogP contribution is 2.28. The van der Waals surface area contributed by atoms with E-state index in [1.807, 2.05) is 19.9 Å². The van der Waals surface area contributed by atoms with Crippen LogP contribution in [-0.2, 0) is 6.54 Å². The molecule has 4 heterocycles. The third-order valence-corrected chi connectivity index (χ3v) is 5.83. The Labute approximate surface area is 200 Å². The number of nitrogens with two attached hydrogens (primary N) is 1. The first kappa shape index (κ1) is 22.2. The number of halogens is 1. The van der Waals surface area contributed by atoms with Gasteiger partial charge in [-0.15, -0.1) is 0 Å². The SMILES string of the molecule is Cc1ccc(F)c(Cn2cnc(NC(=O)c3cc(-c4cc(C)c5c(N)ncnn45)cnc3C)c2)c1. The molecule has 0 unspecified atom stereocenters. The van der Waals surface area contributed by atoms with Gasteiger partial charge >= 0.3 is 0 Å². The van der Waals surface area contributed by atoms with Crippen molar-refractivity contribution in [3.63, 3.8) is 0 Å². The largest absolute Gasteiger partial charge is 0.382 e. The zero-order valence-electron chi connectivity index (χ0n) is 19.5. The number of aryl methyl sites for hydroxylation is 3. The number of carbonyl (C=O) groups excluding carboxylic acids is 1. The fourth-order valence-electron chi connectivity index (χ4n) is 4.08. The van der Waals surface area contributed by atoms with Gasteiger partial charge in [0.2, 0.25) is 0 Å². The number of nitrogens with one attached hydrogen (secondary N) is 1. The summed E-state index contributed by atoms with van der Waals surface area (Å²) < 4.78 is 17.5. The number of rotatable bonds is 5. The molecule has 5 aromatic rings. The van der Waals surface area contributed by atoms with Gasteiger partial charge in [0, 0.05) is 23.5 Å². The van der Waals surface area contributed by atoms with E-state index in [1.165, 1.54) is 12.4 Å². The number of hydrogen-bond donors (Lipinski definition) is 2. The molecule has 1 amide bonds. The monoisotopic (exact) mass is 470 g/mol. The standard InChI is InChI=1S/C25H23FN8O/c1-14-4-5-20(26)18(6-14)10-33-11-22(30-13-33)32-25(35)19-8-17(9-28-16(19)3)21-7-15(2)23-24(27)29-12-31-34(21)23/h4-9,11-13H,10H2,1-3H3,(H,32,35)(H2,27,29,31). The molecule has 1 aromatic carbocycles. The molecule has 0 aliphatic rings. The predicted octanol–water partition coefficient (Wildman–Crippen LogP) is 3.93. The molecule has 176 valence electrons. The Balaban J connectivity index is 1.40. The maximum Gasteiger partial charge on any atom is 0.258 e. The number of hydrogen-bond acceptors (Lipinski definition) is 6. The molecule has 0 aliphatic heterocycles. The van der Waals surface area contributed by atoms with Gasteiger partial charge in [0.25, 0.3) is 5.91 Å². The van der Waals surface area contributed by atoms with Crippen molar-refractivity contribution in [2.75, 3.05) is 11.1 Å². The minimum Gasteiger partial charge on any atom is -0.382 e. The highest BCUT2D eigenvalue weighted by molar-refractivity contribution is 6.05. The first-order chi connectivity index (χ1) is 16.8. The molecular weight excluding hydrogens is 447 g/mol. The van der Waals surface area contributed by atoms with Gasteiger partial charge in [-0.1, -0.05) is 17.7 Å². The summed E-state index contributed by atoms with van der Waals surface area (Å²) in [5.41, 5.74) is 11.6. The Morgan fingerprint density at radius 3 is 2.77 bits per heavy atom. The lowest BCUT2D eigenvalue weighted by molar-refractivity contribution is 0.102. The van der Waals surface area contributed by atoms with Gasteiger partial charge in [-0.3, -0.25) is 9.78 Å². The van der Waals surface area contributed by atoms with Crippen molar-refractivity contribution in [3.8, 4) is 11.3 Å². The Morgan fingerprint density at radius 1 is 1.11 bits per heavy atom. The van der Waals surface area contributed by atoms with Crippen LogP contribution in [0.5, 0.6) is 0 Å². The molecule has 3 N–H and O–H groups in total. The van der Waals surface area contributed by atoms with Crippen LogP contribution in [0.25, 0.3) is 16.8 Å². The lowest BCUT2D eigenvalue weighted by Gasteiger charge is -2.08. The molecule has 35 heavy (non-hydrogen) atoms. The van der Waals surface area contributed by atoms with E-state index in [1.54, 1.807) is 52.9 Å². The summed E-state index contributed by atoms with van der Waals surface area (Å²) in [5.74, 6) is 0.101. The van der Waals surface area contributed by atoms with Crippen LogP contribution >= 0.6 is 0 Å². The molecule has 0 saturated carbocycles. The van der Waals surface area contributed by atoms with Crippen LogP contribution in [0.4, 0.5) is 16.0 Å². The Bertz CT molecular complexity index is 1590. The second-order valence-electron chi connectivity index (χ2n) is 8.46. The Morgan fingerprint density at radius 2 is 1.94 bits per heavy atom. The summed E-state index contributed by atoms with van der Waals surface area (Å²) in [4.78, 5) is 25.8. The number of benzene rings is 1. The van der Waals surface area contributed by atoms with Crippen molar-refractivity contribution in [1.29, 1.82) is 0 Å². The minimum absolute atomic E-state index is 0.284. The lowest BCUT2D eigenvalue weighted by Crippen LogP contribution is -2.14. The van der Waals surface area contributed by atoms with Crippen LogP contribution < -0.4 is 11.1 Å². The van der Waals surface area contributed by atoms with E-state index in [2.05, 4.69) is 25.4 Å². The maximum atomic E-state index is 14.1. The summed E-state index contributed by atoms with van der Waals surface area (Å²) >= 11 is 0. The summed E-state index contributed by atoms with van der Waals surface area (Å²) in [6, 6.07) is 8.66. The number of pyridine rings is 1. The van der Waals surface area contributed by atoms with Crippen molar-refractivity contribution in [2.45, 2.75) is 27.3 Å². The van der Waals surface area contributed by atoms with Crippen LogP contribution in [0.2, 0.25) is 0 Å². The fourth-order valence-corrected chi connectivity index (χ4v) is 4.08. The summed E-state index contributed by atoms with van der Waals surface area (Å²) in [6.07, 6.45) is 6.30. The Hall–Kier alpha value is -4.60. The van der Waals surface area contributed by atoms with Crippen LogP contribution in [0.1, 0.15) is 32.7 Å². The first-order valence-corrected chi connectivity index (χ1v) is 10.9. The number of fused-ring (bicyclic) bond motifs is 1. The summed E-state index contributed by atoms with van der Waals surface area (Å²) in [7, 11) is 0. The molecule has 0 radical (unpaired) electrons. The molecule has 5 rings (SSSR count). The molecule has 0 spiro atoms. The van der Waals surface area contributed by atoms with Crippen LogP contribution in [-0.4, -0.2) is 35.0 Å². The van der Waals surface area contributed by atoms with E-state index in [0.717, 1.165) is 16.8 Å². The second-order valence-corrected chi connectivity index (χ2v) is 8.46. The van der Waals surface area contributed by atoms with E-state index in [0.29, 0.717) is 46.1 Å². The number of anilines is 2. The minimum atomic E-state index is -0.351. The van der Waals surface area contributed by atoms with Gasteiger partial charge in [-0.05, 0) is 44.5 Å². The molecule has 9 nitrogen and oxygen atoms in total. The third-order valence-electron chi connectivity index (χ3n) is 5.83. The zero-order chi connectivity index (χ0) is 24.7.